The Labute approximate surface area is 363 Å². The molecule has 0 saturated carbocycles. The van der Waals surface area contributed by atoms with Gasteiger partial charge in [-0.1, -0.05) is 84.7 Å². The number of amides is 7. The largest absolute Gasteiger partial charge is 0.481 e. The lowest BCUT2D eigenvalue weighted by atomic mass is 9.95. The van der Waals surface area contributed by atoms with Crippen molar-refractivity contribution in [1.82, 2.24) is 31.9 Å². The Morgan fingerprint density at radius 2 is 1.11 bits per heavy atom. The van der Waals surface area contributed by atoms with Crippen molar-refractivity contribution in [3.05, 3.63) is 35.9 Å². The first-order chi connectivity index (χ1) is 29.1. The van der Waals surface area contributed by atoms with Gasteiger partial charge in [-0.3, -0.25) is 38.4 Å². The minimum absolute atomic E-state index is 0.0360. The van der Waals surface area contributed by atoms with Crippen LogP contribution in [0.25, 0.3) is 0 Å². The quantitative estimate of drug-likeness (QED) is 0.0437. The zero-order chi connectivity index (χ0) is 47.1. The highest BCUT2D eigenvalue weighted by Gasteiger charge is 2.36. The van der Waals surface area contributed by atoms with Crippen molar-refractivity contribution in [3.8, 4) is 0 Å². The minimum Gasteiger partial charge on any atom is -0.481 e. The lowest BCUT2D eigenvalue weighted by Crippen LogP contribution is -2.61. The van der Waals surface area contributed by atoms with E-state index in [1.807, 2.05) is 6.92 Å². The summed E-state index contributed by atoms with van der Waals surface area (Å²) >= 11 is 0. The van der Waals surface area contributed by atoms with E-state index in [0.717, 1.165) is 0 Å². The molecule has 0 bridgehead atoms. The standard InChI is InChI=1S/C42H69N9O11/c1-7-24(5)34(45)40(59)51-35(25(6)8-2)41(60)49-30(22-32(44)52)39(58)48-29(21-26-14-10-9-11-15-26)38(57)47-28(17-18-33(53)54)37(56)46-27(16-12-13-19-43)36(55)50-31(42(61)62)20-23(3)4/h9-11,14-15,23-25,27-31,34-35H,7-8,12-13,16-22,43,45H2,1-6H3,(H2,44,52)(H,46,56)(H,47,57)(H,48,58)(H,49,60)(H,50,55)(H,51,59)(H,53,54)(H,61,62)/t24-,25-,27-,28-,29-,30-,31-,34-,35-/m0/s1. The van der Waals surface area contributed by atoms with E-state index in [0.29, 0.717) is 31.2 Å². The van der Waals surface area contributed by atoms with Crippen LogP contribution in [0.4, 0.5) is 0 Å². The maximum atomic E-state index is 14.1. The second-order valence-electron chi connectivity index (χ2n) is 16.1. The first-order valence-electron chi connectivity index (χ1n) is 21.2. The molecular formula is C42H69N9O11. The number of carbonyl (C=O) groups excluding carboxylic acids is 7. The number of rotatable bonds is 30. The van der Waals surface area contributed by atoms with Gasteiger partial charge in [0.1, 0.15) is 36.3 Å². The molecule has 20 heteroatoms. The molecule has 0 heterocycles. The van der Waals surface area contributed by atoms with E-state index in [4.69, 9.17) is 17.2 Å². The molecule has 0 aliphatic rings. The Bertz CT molecular complexity index is 1660. The molecular weight excluding hydrogens is 807 g/mol. The summed E-state index contributed by atoms with van der Waals surface area (Å²) < 4.78 is 0. The molecule has 1 aromatic carbocycles. The van der Waals surface area contributed by atoms with Crippen LogP contribution in [0.1, 0.15) is 105 Å². The number of carbonyl (C=O) groups is 9. The third-order valence-corrected chi connectivity index (χ3v) is 10.5. The molecule has 20 nitrogen and oxygen atoms in total. The van der Waals surface area contributed by atoms with Crippen LogP contribution in [0.5, 0.6) is 0 Å². The number of carboxylic acids is 2. The van der Waals surface area contributed by atoms with Crippen molar-refractivity contribution in [2.75, 3.05) is 6.54 Å². The molecule has 0 saturated heterocycles. The lowest BCUT2D eigenvalue weighted by Gasteiger charge is -2.29. The summed E-state index contributed by atoms with van der Waals surface area (Å²) in [6, 6.07) is -0.996. The van der Waals surface area contributed by atoms with Gasteiger partial charge in [-0.15, -0.1) is 0 Å². The molecule has 0 aromatic heterocycles. The Morgan fingerprint density at radius 1 is 0.613 bits per heavy atom. The number of hydrogen-bond donors (Lipinski definition) is 11. The van der Waals surface area contributed by atoms with Crippen molar-refractivity contribution in [2.24, 2.45) is 35.0 Å². The topological polar surface area (TPSA) is 344 Å². The smallest absolute Gasteiger partial charge is 0.326 e. The second kappa shape index (κ2) is 28.1. The SMILES string of the molecule is CC[C@H](C)[C@H](N)C(=O)N[C@H](C(=O)N[C@@H](CC(N)=O)C(=O)N[C@@H](Cc1ccccc1)C(=O)N[C@@H](CCC(=O)O)C(=O)N[C@@H](CCCCN)C(=O)N[C@@H](CC(C)C)C(=O)O)[C@@H](C)CC. The van der Waals surface area contributed by atoms with Gasteiger partial charge in [0.05, 0.1) is 12.5 Å². The van der Waals surface area contributed by atoms with Gasteiger partial charge in [-0.2, -0.15) is 0 Å². The number of primary amides is 1. The highest BCUT2D eigenvalue weighted by molar-refractivity contribution is 5.98. The van der Waals surface area contributed by atoms with Crippen molar-refractivity contribution in [1.29, 1.82) is 0 Å². The predicted octanol–water partition coefficient (Wildman–Crippen LogP) is -0.443. The van der Waals surface area contributed by atoms with Crippen LogP contribution in [0, 0.1) is 17.8 Å². The maximum Gasteiger partial charge on any atom is 0.326 e. The molecule has 9 atom stereocenters. The fourth-order valence-electron chi connectivity index (χ4n) is 6.28. The predicted molar refractivity (Wildman–Crippen MR) is 229 cm³/mol. The second-order valence-corrected chi connectivity index (χ2v) is 16.1. The highest BCUT2D eigenvalue weighted by atomic mass is 16.4. The van der Waals surface area contributed by atoms with E-state index in [-0.39, 0.29) is 37.6 Å². The van der Waals surface area contributed by atoms with Crippen molar-refractivity contribution >= 4 is 53.3 Å². The summed E-state index contributed by atoms with van der Waals surface area (Å²) in [6.45, 7) is 11.0. The van der Waals surface area contributed by atoms with Crippen LogP contribution >= 0.6 is 0 Å². The van der Waals surface area contributed by atoms with Crippen LogP contribution in [0.2, 0.25) is 0 Å². The van der Waals surface area contributed by atoms with Crippen LogP contribution in [-0.4, -0.2) is 112 Å². The number of nitrogens with two attached hydrogens (primary N) is 3. The van der Waals surface area contributed by atoms with Crippen molar-refractivity contribution < 1.29 is 53.4 Å². The molecule has 348 valence electrons. The van der Waals surface area contributed by atoms with Gasteiger partial charge >= 0.3 is 11.9 Å². The molecule has 1 rings (SSSR count). The van der Waals surface area contributed by atoms with Gasteiger partial charge in [0.15, 0.2) is 0 Å². The summed E-state index contributed by atoms with van der Waals surface area (Å²) in [5.74, 6) is -9.48. The Hall–Kier alpha value is -5.63. The monoisotopic (exact) mass is 876 g/mol. The van der Waals surface area contributed by atoms with Crippen LogP contribution < -0.4 is 49.1 Å². The average Bonchev–Trinajstić information content (AvgIpc) is 3.21. The van der Waals surface area contributed by atoms with Crippen LogP contribution in [-0.2, 0) is 49.6 Å². The van der Waals surface area contributed by atoms with Crippen LogP contribution in [0.15, 0.2) is 30.3 Å². The molecule has 7 amide bonds. The van der Waals surface area contributed by atoms with Gasteiger partial charge in [-0.05, 0) is 62.0 Å². The van der Waals surface area contributed by atoms with Gasteiger partial charge in [0.25, 0.3) is 0 Å². The Balaban J connectivity index is 3.53. The minimum atomic E-state index is -1.64. The number of unbranched alkanes of at least 4 members (excludes halogenated alkanes) is 1. The third-order valence-electron chi connectivity index (χ3n) is 10.5. The molecule has 0 aliphatic heterocycles. The van der Waals surface area contributed by atoms with Gasteiger partial charge in [0.2, 0.25) is 41.4 Å². The van der Waals surface area contributed by atoms with E-state index in [2.05, 4.69) is 31.9 Å². The summed E-state index contributed by atoms with van der Waals surface area (Å²) in [7, 11) is 0. The van der Waals surface area contributed by atoms with Gasteiger partial charge in [-0.25, -0.2) is 4.79 Å². The average molecular weight is 876 g/mol. The molecule has 0 radical (unpaired) electrons. The summed E-state index contributed by atoms with van der Waals surface area (Å²) in [5, 5.41) is 34.4. The number of aliphatic carboxylic acids is 2. The van der Waals surface area contributed by atoms with Gasteiger partial charge in [0, 0.05) is 12.8 Å². The third kappa shape index (κ3) is 19.8. The summed E-state index contributed by atoms with van der Waals surface area (Å²) in [5.41, 5.74) is 17.8. The molecule has 0 unspecified atom stereocenters. The molecule has 0 fully saturated rings. The first kappa shape index (κ1) is 54.4. The van der Waals surface area contributed by atoms with Crippen molar-refractivity contribution in [3.63, 3.8) is 0 Å². The number of benzene rings is 1. The molecule has 0 aliphatic carbocycles. The van der Waals surface area contributed by atoms with E-state index in [9.17, 15) is 53.4 Å². The Morgan fingerprint density at radius 3 is 1.61 bits per heavy atom. The molecule has 14 N–H and O–H groups in total. The van der Waals surface area contributed by atoms with E-state index < -0.39 is 121 Å². The molecule has 0 spiro atoms. The lowest BCUT2D eigenvalue weighted by molar-refractivity contribution is -0.143. The zero-order valence-corrected chi connectivity index (χ0v) is 36.7. The summed E-state index contributed by atoms with van der Waals surface area (Å²) in [4.78, 5) is 118. The normalized spacial score (nSPS) is 15.5. The number of hydrogen-bond acceptors (Lipinski definition) is 11. The fourth-order valence-corrected chi connectivity index (χ4v) is 6.28. The molecule has 62 heavy (non-hydrogen) atoms. The number of carboxylic acid groups (broad SMARTS) is 2. The number of nitrogens with one attached hydrogen (secondary N) is 6. The van der Waals surface area contributed by atoms with Crippen LogP contribution in [0.3, 0.4) is 0 Å². The van der Waals surface area contributed by atoms with Crippen molar-refractivity contribution in [2.45, 2.75) is 148 Å². The maximum absolute atomic E-state index is 14.1. The van der Waals surface area contributed by atoms with E-state index >= 15 is 0 Å². The van der Waals surface area contributed by atoms with Gasteiger partial charge < -0.3 is 59.3 Å². The Kier molecular flexibility index (Phi) is 24.6. The van der Waals surface area contributed by atoms with E-state index in [1.54, 1.807) is 65.0 Å². The highest BCUT2D eigenvalue weighted by Crippen LogP contribution is 2.13. The fraction of sp³-hybridized carbons (Fsp3) is 0.643. The first-order valence-corrected chi connectivity index (χ1v) is 21.2. The molecule has 1 aromatic rings. The zero-order valence-electron chi connectivity index (χ0n) is 36.7. The summed E-state index contributed by atoms with van der Waals surface area (Å²) in [6.07, 6.45) is 0.0365. The van der Waals surface area contributed by atoms with E-state index in [1.165, 1.54) is 0 Å².